The molecule has 1 aliphatic rings. The molecule has 0 bridgehead atoms. The summed E-state index contributed by atoms with van der Waals surface area (Å²) in [6.45, 7) is 1.31. The van der Waals surface area contributed by atoms with E-state index in [4.69, 9.17) is 0 Å². The van der Waals surface area contributed by atoms with Gasteiger partial charge in [0.05, 0.1) is 6.61 Å². The molecular weight excluding hydrogens is 138 g/mol. The maximum atomic E-state index is 10.1. The van der Waals surface area contributed by atoms with Crippen LogP contribution in [-0.2, 0) is 5.11 Å². The van der Waals surface area contributed by atoms with E-state index in [1.165, 1.54) is 32.2 Å². The fraction of sp³-hybridized carbons (Fsp3) is 1.00. The van der Waals surface area contributed by atoms with Crippen LogP contribution in [0.1, 0.15) is 38.5 Å². The van der Waals surface area contributed by atoms with E-state index >= 15 is 0 Å². The van der Waals surface area contributed by atoms with Crippen molar-refractivity contribution in [3.05, 3.63) is 0 Å². The highest BCUT2D eigenvalue weighted by Crippen LogP contribution is 2.12. The second kappa shape index (κ2) is 5.56. The molecule has 0 saturated carbocycles. The van der Waals surface area contributed by atoms with Crippen molar-refractivity contribution in [2.75, 3.05) is 13.2 Å². The van der Waals surface area contributed by atoms with Crippen LogP contribution in [0.5, 0.6) is 0 Å². The summed E-state index contributed by atoms with van der Waals surface area (Å²) in [6.07, 6.45) is 7.19. The molecular formula is C9H18NO. The molecule has 1 fully saturated rings. The van der Waals surface area contributed by atoms with Gasteiger partial charge in [-0.05, 0) is 32.2 Å². The van der Waals surface area contributed by atoms with E-state index < -0.39 is 0 Å². The van der Waals surface area contributed by atoms with Crippen molar-refractivity contribution in [3.8, 4) is 0 Å². The van der Waals surface area contributed by atoms with E-state index in [0.717, 1.165) is 18.9 Å². The minimum atomic E-state index is 0.109. The van der Waals surface area contributed by atoms with Crippen molar-refractivity contribution in [2.24, 2.45) is 0 Å². The van der Waals surface area contributed by atoms with Crippen molar-refractivity contribution in [1.29, 1.82) is 0 Å². The van der Waals surface area contributed by atoms with Crippen LogP contribution in [-0.4, -0.2) is 19.2 Å². The van der Waals surface area contributed by atoms with Crippen LogP contribution in [0.15, 0.2) is 0 Å². The Morgan fingerprint density at radius 3 is 2.82 bits per heavy atom. The van der Waals surface area contributed by atoms with Crippen LogP contribution < -0.4 is 5.32 Å². The van der Waals surface area contributed by atoms with E-state index in [1.54, 1.807) is 0 Å². The number of nitrogens with one attached hydrogen (secondary N) is 1. The molecule has 65 valence electrons. The maximum absolute atomic E-state index is 10.1. The average molecular weight is 156 g/mol. The van der Waals surface area contributed by atoms with Crippen LogP contribution >= 0.6 is 0 Å². The van der Waals surface area contributed by atoms with Gasteiger partial charge >= 0.3 is 0 Å². The average Bonchev–Trinajstić information content (AvgIpc) is 2.50. The monoisotopic (exact) mass is 156 g/mol. The zero-order chi connectivity index (χ0) is 7.94. The topological polar surface area (TPSA) is 31.9 Å². The Kier molecular flexibility index (Phi) is 4.55. The maximum Gasteiger partial charge on any atom is 0.0822 e. The lowest BCUT2D eigenvalue weighted by molar-refractivity contribution is 0.185. The van der Waals surface area contributed by atoms with E-state index in [2.05, 4.69) is 5.32 Å². The predicted octanol–water partition coefficient (Wildman–Crippen LogP) is 1.73. The number of rotatable bonds is 5. The van der Waals surface area contributed by atoms with Gasteiger partial charge in [0.2, 0.25) is 0 Å². The zero-order valence-electron chi connectivity index (χ0n) is 7.14. The van der Waals surface area contributed by atoms with Gasteiger partial charge in [0.15, 0.2) is 0 Å². The number of hydrogen-bond acceptors (Lipinski definition) is 1. The highest BCUT2D eigenvalue weighted by atomic mass is 16.2. The summed E-state index contributed by atoms with van der Waals surface area (Å²) < 4.78 is 0. The van der Waals surface area contributed by atoms with Crippen LogP contribution in [0.25, 0.3) is 0 Å². The third-order valence-corrected chi connectivity index (χ3v) is 2.36. The van der Waals surface area contributed by atoms with Crippen LogP contribution in [0.3, 0.4) is 0 Å². The molecule has 0 aromatic heterocycles. The lowest BCUT2D eigenvalue weighted by atomic mass is 10.1. The zero-order valence-corrected chi connectivity index (χ0v) is 7.14. The third-order valence-electron chi connectivity index (χ3n) is 2.36. The molecule has 1 N–H and O–H groups in total. The predicted molar refractivity (Wildman–Crippen MR) is 45.0 cm³/mol. The van der Waals surface area contributed by atoms with Crippen LogP contribution in [0.4, 0.5) is 0 Å². The minimum absolute atomic E-state index is 0.109. The Hall–Kier alpha value is -0.0800. The summed E-state index contributed by atoms with van der Waals surface area (Å²) in [4.78, 5) is 0. The van der Waals surface area contributed by atoms with Crippen molar-refractivity contribution < 1.29 is 5.11 Å². The second-order valence-corrected chi connectivity index (χ2v) is 3.35. The highest BCUT2D eigenvalue weighted by molar-refractivity contribution is 4.73. The molecule has 0 aromatic rings. The van der Waals surface area contributed by atoms with Gasteiger partial charge in [0.1, 0.15) is 0 Å². The molecule has 0 aliphatic carbocycles. The van der Waals surface area contributed by atoms with E-state index in [9.17, 15) is 5.11 Å². The van der Waals surface area contributed by atoms with Crippen molar-refractivity contribution in [1.82, 2.24) is 5.32 Å². The minimum Gasteiger partial charge on any atom is -0.314 e. The van der Waals surface area contributed by atoms with Crippen molar-refractivity contribution in [3.63, 3.8) is 0 Å². The van der Waals surface area contributed by atoms with Gasteiger partial charge in [-0.25, -0.2) is 5.11 Å². The van der Waals surface area contributed by atoms with Gasteiger partial charge in [-0.3, -0.25) is 0 Å². The molecule has 0 amide bonds. The Balaban J connectivity index is 1.86. The fourth-order valence-electron chi connectivity index (χ4n) is 1.67. The largest absolute Gasteiger partial charge is 0.314 e. The molecule has 1 heterocycles. The van der Waals surface area contributed by atoms with Gasteiger partial charge in [-0.1, -0.05) is 12.8 Å². The molecule has 1 radical (unpaired) electrons. The van der Waals surface area contributed by atoms with Crippen LogP contribution in [0, 0.1) is 0 Å². The molecule has 11 heavy (non-hydrogen) atoms. The first-order valence-corrected chi connectivity index (χ1v) is 4.75. The Bertz CT molecular complexity index is 89.6. The Labute approximate surface area is 69.0 Å². The summed E-state index contributed by atoms with van der Waals surface area (Å²) in [5, 5.41) is 13.6. The molecule has 2 heteroatoms. The summed E-state index contributed by atoms with van der Waals surface area (Å²) in [5.41, 5.74) is 0. The summed E-state index contributed by atoms with van der Waals surface area (Å²) in [7, 11) is 0. The van der Waals surface area contributed by atoms with Crippen LogP contribution in [0.2, 0.25) is 0 Å². The molecule has 0 aromatic carbocycles. The fourth-order valence-corrected chi connectivity index (χ4v) is 1.67. The van der Waals surface area contributed by atoms with Crippen molar-refractivity contribution >= 4 is 0 Å². The number of unbranched alkanes of at least 4 members (excludes halogenated alkanes) is 2. The van der Waals surface area contributed by atoms with E-state index in [0.29, 0.717) is 0 Å². The molecule has 1 atom stereocenters. The Morgan fingerprint density at radius 1 is 1.27 bits per heavy atom. The molecule has 1 rings (SSSR count). The van der Waals surface area contributed by atoms with Crippen molar-refractivity contribution in [2.45, 2.75) is 44.6 Å². The first kappa shape index (κ1) is 9.01. The first-order chi connectivity index (χ1) is 5.43. The standard InChI is InChI=1S/C9H18NO/c11-8-3-1-2-5-9-6-4-7-10-9/h9-10H,1-8H2. The highest BCUT2D eigenvalue weighted by Gasteiger charge is 2.12. The van der Waals surface area contributed by atoms with E-state index in [1.807, 2.05) is 0 Å². The normalized spacial score (nSPS) is 24.3. The smallest absolute Gasteiger partial charge is 0.0822 e. The SMILES string of the molecule is [O]CCCCCC1CCCN1. The summed E-state index contributed by atoms with van der Waals surface area (Å²) >= 11 is 0. The van der Waals surface area contributed by atoms with Gasteiger partial charge < -0.3 is 5.32 Å². The Morgan fingerprint density at radius 2 is 2.18 bits per heavy atom. The molecule has 2 nitrogen and oxygen atoms in total. The molecule has 1 aliphatic heterocycles. The lowest BCUT2D eigenvalue weighted by Gasteiger charge is -2.08. The number of hydrogen-bond donors (Lipinski definition) is 1. The summed E-state index contributed by atoms with van der Waals surface area (Å²) in [6, 6.07) is 0.765. The molecule has 1 saturated heterocycles. The first-order valence-electron chi connectivity index (χ1n) is 4.75. The molecule has 1 unspecified atom stereocenters. The van der Waals surface area contributed by atoms with Gasteiger partial charge in [0.25, 0.3) is 0 Å². The van der Waals surface area contributed by atoms with E-state index in [-0.39, 0.29) is 6.61 Å². The second-order valence-electron chi connectivity index (χ2n) is 3.35. The quantitative estimate of drug-likeness (QED) is 0.604. The van der Waals surface area contributed by atoms with Gasteiger partial charge in [-0.2, -0.15) is 0 Å². The van der Waals surface area contributed by atoms with Gasteiger partial charge in [0, 0.05) is 6.04 Å². The molecule has 0 spiro atoms. The lowest BCUT2D eigenvalue weighted by Crippen LogP contribution is -2.20. The third kappa shape index (κ3) is 3.73. The van der Waals surface area contributed by atoms with Gasteiger partial charge in [-0.15, -0.1) is 0 Å². The summed E-state index contributed by atoms with van der Waals surface area (Å²) in [5.74, 6) is 0.